The van der Waals surface area contributed by atoms with Crippen LogP contribution in [0.15, 0.2) is 0 Å². The van der Waals surface area contributed by atoms with Crippen molar-refractivity contribution >= 4 is 17.0 Å². The maximum Gasteiger partial charge on any atom is 0.0613 e. The van der Waals surface area contributed by atoms with Gasteiger partial charge in [0.1, 0.15) is 0 Å². The van der Waals surface area contributed by atoms with Crippen LogP contribution in [0, 0.1) is 0 Å². The van der Waals surface area contributed by atoms with E-state index in [-0.39, 0.29) is 29.1 Å². The molecule has 0 fully saturated rings. The van der Waals surface area contributed by atoms with Gasteiger partial charge in [-0.05, 0) is 19.9 Å². The Kier molecular flexibility index (Phi) is 7.99. The molecule has 0 aromatic heterocycles. The van der Waals surface area contributed by atoms with Crippen molar-refractivity contribution in [2.24, 2.45) is 0 Å². The van der Waals surface area contributed by atoms with Crippen molar-refractivity contribution in [2.75, 3.05) is 13.7 Å². The molecule has 0 spiro atoms. The minimum absolute atomic E-state index is 0. The zero-order valence-corrected chi connectivity index (χ0v) is 8.69. The van der Waals surface area contributed by atoms with Crippen LogP contribution in [-0.4, -0.2) is 24.3 Å². The fourth-order valence-electron chi connectivity index (χ4n) is 0.906. The SMILES string of the molecule is Br.CCC(CC)(CO)NC. The number of nitrogens with one attached hydrogen (secondary N) is 1. The summed E-state index contributed by atoms with van der Waals surface area (Å²) < 4.78 is 0. The van der Waals surface area contributed by atoms with Gasteiger partial charge in [0.25, 0.3) is 0 Å². The summed E-state index contributed by atoms with van der Waals surface area (Å²) in [5.41, 5.74) is -0.0278. The molecule has 2 N–H and O–H groups in total. The van der Waals surface area contributed by atoms with Crippen LogP contribution in [-0.2, 0) is 0 Å². The lowest BCUT2D eigenvalue weighted by molar-refractivity contribution is 0.159. The predicted octanol–water partition coefficient (Wildman–Crippen LogP) is 1.33. The first-order valence-electron chi connectivity index (χ1n) is 3.54. The van der Waals surface area contributed by atoms with E-state index in [0.29, 0.717) is 0 Å². The largest absolute Gasteiger partial charge is 0.394 e. The molecule has 64 valence electrons. The van der Waals surface area contributed by atoms with Crippen LogP contribution >= 0.6 is 17.0 Å². The highest BCUT2D eigenvalue weighted by atomic mass is 79.9. The van der Waals surface area contributed by atoms with Crippen molar-refractivity contribution in [3.05, 3.63) is 0 Å². The highest BCUT2D eigenvalue weighted by Gasteiger charge is 2.21. The van der Waals surface area contributed by atoms with Gasteiger partial charge in [-0.1, -0.05) is 13.8 Å². The van der Waals surface area contributed by atoms with Crippen LogP contribution in [0.5, 0.6) is 0 Å². The van der Waals surface area contributed by atoms with Crippen LogP contribution in [0.3, 0.4) is 0 Å². The molecule has 0 aliphatic heterocycles. The van der Waals surface area contributed by atoms with Crippen LogP contribution in [0.2, 0.25) is 0 Å². The molecule has 10 heavy (non-hydrogen) atoms. The van der Waals surface area contributed by atoms with Crippen molar-refractivity contribution in [1.82, 2.24) is 5.32 Å². The third kappa shape index (κ3) is 2.99. The second kappa shape index (κ2) is 6.13. The Morgan fingerprint density at radius 2 is 1.70 bits per heavy atom. The molecule has 0 saturated heterocycles. The number of hydrogen-bond acceptors (Lipinski definition) is 2. The fraction of sp³-hybridized carbons (Fsp3) is 1.00. The van der Waals surface area contributed by atoms with E-state index in [1.54, 1.807) is 0 Å². The summed E-state index contributed by atoms with van der Waals surface area (Å²) in [6, 6.07) is 0. The topological polar surface area (TPSA) is 32.3 Å². The average Bonchev–Trinajstić information content (AvgIpc) is 1.95. The second-order valence-electron chi connectivity index (χ2n) is 2.40. The Morgan fingerprint density at radius 3 is 1.70 bits per heavy atom. The molecule has 0 radical (unpaired) electrons. The van der Waals surface area contributed by atoms with E-state index < -0.39 is 0 Å². The third-order valence-corrected chi connectivity index (χ3v) is 2.19. The lowest BCUT2D eigenvalue weighted by Gasteiger charge is -2.28. The third-order valence-electron chi connectivity index (χ3n) is 2.19. The van der Waals surface area contributed by atoms with Gasteiger partial charge >= 0.3 is 0 Å². The summed E-state index contributed by atoms with van der Waals surface area (Å²) in [5, 5.41) is 12.0. The van der Waals surface area contributed by atoms with Crippen LogP contribution in [0.25, 0.3) is 0 Å². The molecule has 0 aliphatic carbocycles. The van der Waals surface area contributed by atoms with E-state index in [1.165, 1.54) is 0 Å². The van der Waals surface area contributed by atoms with Crippen LogP contribution in [0.4, 0.5) is 0 Å². The van der Waals surface area contributed by atoms with E-state index in [0.717, 1.165) is 12.8 Å². The van der Waals surface area contributed by atoms with Crippen molar-refractivity contribution in [2.45, 2.75) is 32.2 Å². The Bertz CT molecular complexity index is 56.5. The van der Waals surface area contributed by atoms with Gasteiger partial charge in [-0.25, -0.2) is 0 Å². The molecule has 0 aromatic carbocycles. The number of aliphatic hydroxyl groups excluding tert-OH is 1. The van der Waals surface area contributed by atoms with Crippen molar-refractivity contribution in [1.29, 1.82) is 0 Å². The zero-order valence-electron chi connectivity index (χ0n) is 6.98. The molecule has 0 amide bonds. The molecule has 2 nitrogen and oxygen atoms in total. The number of halogens is 1. The molecule has 0 saturated carbocycles. The normalized spacial score (nSPS) is 10.8. The van der Waals surface area contributed by atoms with Gasteiger partial charge in [0.2, 0.25) is 0 Å². The first-order chi connectivity index (χ1) is 4.24. The first kappa shape index (κ1) is 13.0. The Balaban J connectivity index is 0. The van der Waals surface area contributed by atoms with Gasteiger partial charge in [0, 0.05) is 5.54 Å². The summed E-state index contributed by atoms with van der Waals surface area (Å²) >= 11 is 0. The van der Waals surface area contributed by atoms with E-state index in [2.05, 4.69) is 19.2 Å². The lowest BCUT2D eigenvalue weighted by atomic mass is 9.94. The van der Waals surface area contributed by atoms with Crippen molar-refractivity contribution in [3.63, 3.8) is 0 Å². The minimum Gasteiger partial charge on any atom is -0.394 e. The quantitative estimate of drug-likeness (QED) is 0.736. The van der Waals surface area contributed by atoms with Gasteiger partial charge in [0.15, 0.2) is 0 Å². The van der Waals surface area contributed by atoms with Gasteiger partial charge in [-0.15, -0.1) is 17.0 Å². The second-order valence-corrected chi connectivity index (χ2v) is 2.40. The Morgan fingerprint density at radius 1 is 1.30 bits per heavy atom. The zero-order chi connectivity index (χ0) is 7.33. The molecule has 0 heterocycles. The summed E-state index contributed by atoms with van der Waals surface area (Å²) in [5.74, 6) is 0. The summed E-state index contributed by atoms with van der Waals surface area (Å²) in [7, 11) is 1.89. The minimum atomic E-state index is -0.0278. The number of likely N-dealkylation sites (N-methyl/N-ethyl adjacent to an activating group) is 1. The highest BCUT2D eigenvalue weighted by molar-refractivity contribution is 8.93. The summed E-state index contributed by atoms with van der Waals surface area (Å²) in [6.07, 6.45) is 1.97. The molecule has 0 rings (SSSR count). The molecule has 0 atom stereocenters. The van der Waals surface area contributed by atoms with E-state index >= 15 is 0 Å². The smallest absolute Gasteiger partial charge is 0.0613 e. The lowest BCUT2D eigenvalue weighted by Crippen LogP contribution is -2.45. The molecular weight excluding hydrogens is 194 g/mol. The Labute approximate surface area is 73.8 Å². The van der Waals surface area contributed by atoms with Gasteiger partial charge < -0.3 is 10.4 Å². The number of aliphatic hydroxyl groups is 1. The maximum atomic E-state index is 8.91. The van der Waals surface area contributed by atoms with Gasteiger partial charge in [-0.3, -0.25) is 0 Å². The highest BCUT2D eigenvalue weighted by Crippen LogP contribution is 2.12. The van der Waals surface area contributed by atoms with Crippen molar-refractivity contribution < 1.29 is 5.11 Å². The predicted molar refractivity (Wildman–Crippen MR) is 49.8 cm³/mol. The number of hydrogen-bond donors (Lipinski definition) is 2. The summed E-state index contributed by atoms with van der Waals surface area (Å²) in [6.45, 7) is 4.39. The van der Waals surface area contributed by atoms with E-state index in [4.69, 9.17) is 5.11 Å². The average molecular weight is 212 g/mol. The van der Waals surface area contributed by atoms with E-state index in [9.17, 15) is 0 Å². The fourth-order valence-corrected chi connectivity index (χ4v) is 0.906. The molecule has 3 heteroatoms. The number of rotatable bonds is 4. The molecule has 0 aromatic rings. The van der Waals surface area contributed by atoms with Crippen LogP contribution in [0.1, 0.15) is 26.7 Å². The molecular formula is C7H18BrNO. The maximum absolute atomic E-state index is 8.91. The standard InChI is InChI=1S/C7H17NO.BrH/c1-4-7(5-2,6-9)8-3;/h8-9H,4-6H2,1-3H3;1H. The summed E-state index contributed by atoms with van der Waals surface area (Å²) in [4.78, 5) is 0. The van der Waals surface area contributed by atoms with Crippen LogP contribution < -0.4 is 5.32 Å². The monoisotopic (exact) mass is 211 g/mol. The first-order valence-corrected chi connectivity index (χ1v) is 3.54. The molecule has 0 unspecified atom stereocenters. The Hall–Kier alpha value is 0.400. The van der Waals surface area contributed by atoms with Gasteiger partial charge in [0.05, 0.1) is 6.61 Å². The molecule has 0 aliphatic rings. The van der Waals surface area contributed by atoms with Crippen molar-refractivity contribution in [3.8, 4) is 0 Å². The molecule has 0 bridgehead atoms. The van der Waals surface area contributed by atoms with E-state index in [1.807, 2.05) is 7.05 Å². The van der Waals surface area contributed by atoms with Gasteiger partial charge in [-0.2, -0.15) is 0 Å².